The minimum absolute atomic E-state index is 0.100. The molecule has 9 nitrogen and oxygen atoms in total. The van der Waals surface area contributed by atoms with Crippen molar-refractivity contribution < 1.29 is 24.7 Å². The lowest BCUT2D eigenvalue weighted by Crippen LogP contribution is -2.51. The molecule has 0 spiro atoms. The van der Waals surface area contributed by atoms with Crippen LogP contribution in [-0.2, 0) is 9.59 Å². The molecule has 0 aliphatic heterocycles. The number of hydrogen-bond donors (Lipinski definition) is 5. The summed E-state index contributed by atoms with van der Waals surface area (Å²) in [6, 6.07) is 12.1. The Kier molecular flexibility index (Phi) is 9.81. The Balaban J connectivity index is 1.96. The lowest BCUT2D eigenvalue weighted by Gasteiger charge is -2.19. The highest BCUT2D eigenvalue weighted by Gasteiger charge is 2.25. The number of rotatable bonds is 7. The molecule has 0 aliphatic carbocycles. The first-order chi connectivity index (χ1) is 16.2. The Labute approximate surface area is 198 Å². The molecule has 5 N–H and O–H groups in total. The number of anilines is 1. The second-order valence-corrected chi connectivity index (χ2v) is 7.61. The third-order valence-electron chi connectivity index (χ3n) is 4.41. The summed E-state index contributed by atoms with van der Waals surface area (Å²) in [6.07, 6.45) is -1.20. The maximum Gasteiger partial charge on any atom is 0.268 e. The first-order valence-electron chi connectivity index (χ1n) is 10.3. The second kappa shape index (κ2) is 12.8. The first-order valence-corrected chi connectivity index (χ1v) is 10.3. The van der Waals surface area contributed by atoms with Gasteiger partial charge in [-0.15, -0.1) is 0 Å². The Hall–Kier alpha value is -4.15. The average Bonchev–Trinajstić information content (AvgIpc) is 2.80. The summed E-state index contributed by atoms with van der Waals surface area (Å²) in [4.78, 5) is 37.4. The Morgan fingerprint density at radius 3 is 1.94 bits per heavy atom. The topological polar surface area (TPSA) is 131 Å². The van der Waals surface area contributed by atoms with Crippen molar-refractivity contribution >= 4 is 23.4 Å². The van der Waals surface area contributed by atoms with Crippen molar-refractivity contribution in [2.75, 3.05) is 26.0 Å². The highest BCUT2D eigenvalue weighted by molar-refractivity contribution is 5.97. The van der Waals surface area contributed by atoms with E-state index in [1.807, 2.05) is 14.1 Å². The van der Waals surface area contributed by atoms with Crippen LogP contribution in [0.1, 0.15) is 28.4 Å². The van der Waals surface area contributed by atoms with Gasteiger partial charge in [0, 0.05) is 22.4 Å². The predicted octanol–water partition coefficient (Wildman–Crippen LogP) is 0.574. The van der Waals surface area contributed by atoms with Crippen LogP contribution in [0.15, 0.2) is 48.5 Å². The van der Waals surface area contributed by atoms with Crippen LogP contribution in [0.2, 0.25) is 0 Å². The van der Waals surface area contributed by atoms with E-state index in [0.29, 0.717) is 17.8 Å². The molecule has 9 heteroatoms. The molecule has 0 fully saturated rings. The standard InChI is InChI=1S/C25H26N4O5/c1-17(30)23(25(33)28-34)27-24(32)20-12-8-18(9-13-20)6-4-5-7-19-10-14-21(15-11-19)26-22(31)16-29(2)3/h8-15,17,23,30,34H,16H2,1-3H3,(H,26,31)(H,27,32)(H,28,33)/t17-,23+/m1/s1. The van der Waals surface area contributed by atoms with Crippen LogP contribution in [0.4, 0.5) is 5.69 Å². The van der Waals surface area contributed by atoms with Crippen molar-refractivity contribution in [2.45, 2.75) is 19.1 Å². The maximum absolute atomic E-state index is 12.3. The second-order valence-electron chi connectivity index (χ2n) is 7.61. The van der Waals surface area contributed by atoms with Crippen LogP contribution in [0.25, 0.3) is 0 Å². The smallest absolute Gasteiger partial charge is 0.268 e. The van der Waals surface area contributed by atoms with Crippen molar-refractivity contribution in [2.24, 2.45) is 0 Å². The van der Waals surface area contributed by atoms with E-state index in [4.69, 9.17) is 5.21 Å². The molecule has 0 radical (unpaired) electrons. The molecule has 0 aliphatic rings. The summed E-state index contributed by atoms with van der Waals surface area (Å²) in [5, 5.41) is 23.5. The molecule has 176 valence electrons. The fraction of sp³-hybridized carbons (Fsp3) is 0.240. The summed E-state index contributed by atoms with van der Waals surface area (Å²) in [7, 11) is 3.64. The largest absolute Gasteiger partial charge is 0.391 e. The number of nitrogens with zero attached hydrogens (tertiary/aromatic N) is 1. The molecule has 0 saturated heterocycles. The SMILES string of the molecule is C[C@@H](O)[C@H](NC(=O)c1ccc(C#CC#Cc2ccc(NC(=O)CN(C)C)cc2)cc1)C(=O)NO. The molecular formula is C25H26N4O5. The molecule has 2 rings (SSSR count). The number of aliphatic hydroxyl groups excluding tert-OH is 1. The number of hydrogen-bond acceptors (Lipinski definition) is 6. The number of carbonyl (C=O) groups is 3. The monoisotopic (exact) mass is 462 g/mol. The third-order valence-corrected chi connectivity index (χ3v) is 4.41. The van der Waals surface area contributed by atoms with E-state index in [1.54, 1.807) is 41.3 Å². The van der Waals surface area contributed by atoms with E-state index in [2.05, 4.69) is 34.3 Å². The molecule has 2 aromatic rings. The van der Waals surface area contributed by atoms with Gasteiger partial charge in [-0.3, -0.25) is 19.6 Å². The normalized spacial score (nSPS) is 11.7. The molecule has 3 amide bonds. The van der Waals surface area contributed by atoms with Gasteiger partial charge >= 0.3 is 0 Å². The zero-order chi connectivity index (χ0) is 25.1. The van der Waals surface area contributed by atoms with Gasteiger partial charge < -0.3 is 20.6 Å². The van der Waals surface area contributed by atoms with Crippen molar-refractivity contribution in [3.63, 3.8) is 0 Å². The number of benzene rings is 2. The van der Waals surface area contributed by atoms with Gasteiger partial charge in [-0.25, -0.2) is 5.48 Å². The molecule has 2 aromatic carbocycles. The molecular weight excluding hydrogens is 436 g/mol. The average molecular weight is 463 g/mol. The predicted molar refractivity (Wildman–Crippen MR) is 127 cm³/mol. The minimum Gasteiger partial charge on any atom is -0.391 e. The fourth-order valence-electron chi connectivity index (χ4n) is 2.74. The molecule has 0 bridgehead atoms. The van der Waals surface area contributed by atoms with Crippen molar-refractivity contribution in [1.82, 2.24) is 15.7 Å². The highest BCUT2D eigenvalue weighted by Crippen LogP contribution is 2.09. The summed E-state index contributed by atoms with van der Waals surface area (Å²) < 4.78 is 0. The number of nitrogens with one attached hydrogen (secondary N) is 3. The van der Waals surface area contributed by atoms with Gasteiger partial charge in [-0.2, -0.15) is 0 Å². The quantitative estimate of drug-likeness (QED) is 0.232. The van der Waals surface area contributed by atoms with Gasteiger partial charge in [0.2, 0.25) is 5.91 Å². The number of likely N-dealkylation sites (N-methyl/N-ethyl adjacent to an activating group) is 1. The zero-order valence-electron chi connectivity index (χ0n) is 19.0. The van der Waals surface area contributed by atoms with Crippen LogP contribution in [0, 0.1) is 23.7 Å². The van der Waals surface area contributed by atoms with Crippen molar-refractivity contribution in [3.8, 4) is 23.7 Å². The molecule has 0 unspecified atom stereocenters. The lowest BCUT2D eigenvalue weighted by molar-refractivity contribution is -0.133. The molecule has 2 atom stereocenters. The molecule has 0 aromatic heterocycles. The summed E-state index contributed by atoms with van der Waals surface area (Å²) >= 11 is 0. The molecule has 0 saturated carbocycles. The summed E-state index contributed by atoms with van der Waals surface area (Å²) in [5.41, 5.74) is 3.72. The van der Waals surface area contributed by atoms with Gasteiger partial charge in [0.25, 0.3) is 11.8 Å². The van der Waals surface area contributed by atoms with E-state index in [9.17, 15) is 19.5 Å². The minimum atomic E-state index is -1.30. The van der Waals surface area contributed by atoms with Gasteiger partial charge in [-0.1, -0.05) is 11.8 Å². The summed E-state index contributed by atoms with van der Waals surface area (Å²) in [5.74, 6) is 9.66. The van der Waals surface area contributed by atoms with Crippen molar-refractivity contribution in [3.05, 3.63) is 65.2 Å². The molecule has 0 heterocycles. The molecule has 34 heavy (non-hydrogen) atoms. The fourth-order valence-corrected chi connectivity index (χ4v) is 2.74. The lowest BCUT2D eigenvalue weighted by atomic mass is 10.1. The Morgan fingerprint density at radius 1 is 0.941 bits per heavy atom. The van der Waals surface area contributed by atoms with E-state index in [0.717, 1.165) is 5.56 Å². The zero-order valence-corrected chi connectivity index (χ0v) is 19.0. The number of carbonyl (C=O) groups excluding carboxylic acids is 3. The number of aliphatic hydroxyl groups is 1. The third kappa shape index (κ3) is 8.41. The van der Waals surface area contributed by atoms with Crippen LogP contribution in [0.3, 0.4) is 0 Å². The summed E-state index contributed by atoms with van der Waals surface area (Å²) in [6.45, 7) is 1.62. The van der Waals surface area contributed by atoms with Crippen LogP contribution < -0.4 is 16.1 Å². The van der Waals surface area contributed by atoms with Crippen LogP contribution >= 0.6 is 0 Å². The first kappa shape index (κ1) is 26.1. The van der Waals surface area contributed by atoms with E-state index < -0.39 is 24.0 Å². The Morgan fingerprint density at radius 2 is 1.47 bits per heavy atom. The van der Waals surface area contributed by atoms with Gasteiger partial charge in [0.15, 0.2) is 0 Å². The van der Waals surface area contributed by atoms with Crippen molar-refractivity contribution in [1.29, 1.82) is 0 Å². The number of amides is 3. The maximum atomic E-state index is 12.3. The van der Waals surface area contributed by atoms with E-state index in [1.165, 1.54) is 24.5 Å². The van der Waals surface area contributed by atoms with E-state index in [-0.39, 0.29) is 11.5 Å². The van der Waals surface area contributed by atoms with Crippen LogP contribution in [0.5, 0.6) is 0 Å². The van der Waals surface area contributed by atoms with E-state index >= 15 is 0 Å². The van der Waals surface area contributed by atoms with Crippen LogP contribution in [-0.4, -0.2) is 65.7 Å². The van der Waals surface area contributed by atoms with Gasteiger partial charge in [0.1, 0.15) is 6.04 Å². The Bertz CT molecular complexity index is 1130. The number of hydroxylamine groups is 1. The van der Waals surface area contributed by atoms with Gasteiger partial charge in [0.05, 0.1) is 12.6 Å². The van der Waals surface area contributed by atoms with Gasteiger partial charge in [-0.05, 0) is 81.4 Å². The highest BCUT2D eigenvalue weighted by atomic mass is 16.5.